The van der Waals surface area contributed by atoms with Crippen LogP contribution in [0.15, 0.2) is 43.0 Å². The normalized spacial score (nSPS) is 18.1. The lowest BCUT2D eigenvalue weighted by Crippen LogP contribution is -2.31. The van der Waals surface area contributed by atoms with Gasteiger partial charge >= 0.3 is 0 Å². The molecule has 92 valence electrons. The summed E-state index contributed by atoms with van der Waals surface area (Å²) in [7, 11) is 0. The molecule has 0 spiro atoms. The topological polar surface area (TPSA) is 12.0 Å². The summed E-state index contributed by atoms with van der Waals surface area (Å²) in [5.41, 5.74) is 1.87. The Balaban J connectivity index is 1.82. The summed E-state index contributed by atoms with van der Waals surface area (Å²) in [5.74, 6) is 0. The van der Waals surface area contributed by atoms with Crippen LogP contribution in [0.3, 0.4) is 0 Å². The van der Waals surface area contributed by atoms with Gasteiger partial charge in [-0.1, -0.05) is 49.2 Å². The zero-order chi connectivity index (χ0) is 12.0. The summed E-state index contributed by atoms with van der Waals surface area (Å²) in [6.07, 6.45) is 8.76. The summed E-state index contributed by atoms with van der Waals surface area (Å²) in [6.45, 7) is 6.03. The zero-order valence-corrected chi connectivity index (χ0v) is 10.6. The maximum atomic E-state index is 3.91. The molecule has 0 aliphatic heterocycles. The highest BCUT2D eigenvalue weighted by molar-refractivity contribution is 5.14. The van der Waals surface area contributed by atoms with Crippen LogP contribution in [-0.2, 0) is 6.54 Å². The van der Waals surface area contributed by atoms with E-state index in [1.54, 1.807) is 0 Å². The number of nitrogens with one attached hydrogen (secondary N) is 1. The van der Waals surface area contributed by atoms with Crippen molar-refractivity contribution in [1.29, 1.82) is 0 Å². The lowest BCUT2D eigenvalue weighted by Gasteiger charge is -2.28. The van der Waals surface area contributed by atoms with Crippen molar-refractivity contribution in [3.63, 3.8) is 0 Å². The first kappa shape index (κ1) is 12.4. The minimum absolute atomic E-state index is 0.497. The summed E-state index contributed by atoms with van der Waals surface area (Å²) < 4.78 is 0. The van der Waals surface area contributed by atoms with E-state index in [1.165, 1.54) is 31.2 Å². The fourth-order valence-corrected chi connectivity index (χ4v) is 2.95. The van der Waals surface area contributed by atoms with Crippen LogP contribution in [0, 0.1) is 5.41 Å². The second-order valence-corrected chi connectivity index (χ2v) is 5.29. The second kappa shape index (κ2) is 6.02. The van der Waals surface area contributed by atoms with Crippen LogP contribution >= 0.6 is 0 Å². The molecule has 1 N–H and O–H groups in total. The molecule has 0 amide bonds. The van der Waals surface area contributed by atoms with Crippen molar-refractivity contribution in [1.82, 2.24) is 5.32 Å². The molecule has 0 radical (unpaired) electrons. The van der Waals surface area contributed by atoms with E-state index in [0.717, 1.165) is 19.5 Å². The van der Waals surface area contributed by atoms with E-state index in [9.17, 15) is 0 Å². The van der Waals surface area contributed by atoms with Gasteiger partial charge in [0.25, 0.3) is 0 Å². The van der Waals surface area contributed by atoms with Crippen LogP contribution in [0.25, 0.3) is 0 Å². The van der Waals surface area contributed by atoms with E-state index in [1.807, 2.05) is 0 Å². The van der Waals surface area contributed by atoms with Crippen LogP contribution in [0.1, 0.15) is 37.7 Å². The molecule has 1 heteroatoms. The van der Waals surface area contributed by atoms with E-state index in [4.69, 9.17) is 0 Å². The van der Waals surface area contributed by atoms with Crippen LogP contribution in [-0.4, -0.2) is 6.54 Å². The summed E-state index contributed by atoms with van der Waals surface area (Å²) in [4.78, 5) is 0. The molecule has 17 heavy (non-hydrogen) atoms. The molecule has 0 bridgehead atoms. The SMILES string of the molecule is C=CCC1(CNCc2ccccc2)CCCC1. The molecule has 0 atom stereocenters. The van der Waals surface area contributed by atoms with Crippen LogP contribution in [0.4, 0.5) is 0 Å². The van der Waals surface area contributed by atoms with E-state index >= 15 is 0 Å². The Morgan fingerprint density at radius 1 is 1.18 bits per heavy atom. The average molecular weight is 229 g/mol. The molecule has 1 saturated carbocycles. The zero-order valence-electron chi connectivity index (χ0n) is 10.6. The predicted molar refractivity (Wildman–Crippen MR) is 73.9 cm³/mol. The molecule has 1 nitrogen and oxygen atoms in total. The lowest BCUT2D eigenvalue weighted by atomic mass is 9.82. The van der Waals surface area contributed by atoms with Gasteiger partial charge < -0.3 is 5.32 Å². The van der Waals surface area contributed by atoms with Gasteiger partial charge in [0.2, 0.25) is 0 Å². The van der Waals surface area contributed by atoms with Crippen LogP contribution in [0.2, 0.25) is 0 Å². The quantitative estimate of drug-likeness (QED) is 0.729. The first-order chi connectivity index (χ1) is 8.35. The Morgan fingerprint density at radius 2 is 1.88 bits per heavy atom. The van der Waals surface area contributed by atoms with E-state index in [0.29, 0.717) is 5.41 Å². The Kier molecular flexibility index (Phi) is 4.38. The van der Waals surface area contributed by atoms with Crippen molar-refractivity contribution in [2.45, 2.75) is 38.6 Å². The van der Waals surface area contributed by atoms with Gasteiger partial charge in [0.1, 0.15) is 0 Å². The van der Waals surface area contributed by atoms with Crippen LogP contribution < -0.4 is 5.32 Å². The maximum Gasteiger partial charge on any atom is 0.0205 e. The highest BCUT2D eigenvalue weighted by Gasteiger charge is 2.31. The van der Waals surface area contributed by atoms with Crippen molar-refractivity contribution in [2.75, 3.05) is 6.54 Å². The van der Waals surface area contributed by atoms with E-state index in [-0.39, 0.29) is 0 Å². The van der Waals surface area contributed by atoms with Gasteiger partial charge in [-0.3, -0.25) is 0 Å². The molecule has 0 heterocycles. The lowest BCUT2D eigenvalue weighted by molar-refractivity contribution is 0.283. The Hall–Kier alpha value is -1.08. The van der Waals surface area contributed by atoms with Gasteiger partial charge in [-0.05, 0) is 30.2 Å². The number of allylic oxidation sites excluding steroid dienone is 1. The van der Waals surface area contributed by atoms with Gasteiger partial charge in [-0.2, -0.15) is 0 Å². The summed E-state index contributed by atoms with van der Waals surface area (Å²) >= 11 is 0. The van der Waals surface area contributed by atoms with Gasteiger partial charge in [0.05, 0.1) is 0 Å². The monoisotopic (exact) mass is 229 g/mol. The second-order valence-electron chi connectivity index (χ2n) is 5.29. The fourth-order valence-electron chi connectivity index (χ4n) is 2.95. The third-order valence-electron chi connectivity index (χ3n) is 3.91. The molecule has 1 fully saturated rings. The predicted octanol–water partition coefficient (Wildman–Crippen LogP) is 3.91. The summed E-state index contributed by atoms with van der Waals surface area (Å²) in [5, 5.41) is 3.62. The number of benzene rings is 1. The number of rotatable bonds is 6. The Morgan fingerprint density at radius 3 is 2.53 bits per heavy atom. The van der Waals surface area contributed by atoms with Crippen molar-refractivity contribution in [3.05, 3.63) is 48.6 Å². The third kappa shape index (κ3) is 3.44. The smallest absolute Gasteiger partial charge is 0.0205 e. The summed E-state index contributed by atoms with van der Waals surface area (Å²) in [6, 6.07) is 10.6. The standard InChI is InChI=1S/C16H23N/c1-2-10-16(11-6-7-12-16)14-17-13-15-8-4-3-5-9-15/h2-5,8-9,17H,1,6-7,10-14H2. The minimum Gasteiger partial charge on any atom is -0.312 e. The molecule has 2 rings (SSSR count). The van der Waals surface area contributed by atoms with Crippen LogP contribution in [0.5, 0.6) is 0 Å². The van der Waals surface area contributed by atoms with Crippen molar-refractivity contribution < 1.29 is 0 Å². The van der Waals surface area contributed by atoms with Gasteiger partial charge in [-0.15, -0.1) is 6.58 Å². The molecule has 1 aromatic carbocycles. The Labute approximate surface area is 105 Å². The van der Waals surface area contributed by atoms with Crippen molar-refractivity contribution in [2.24, 2.45) is 5.41 Å². The van der Waals surface area contributed by atoms with Gasteiger partial charge in [0.15, 0.2) is 0 Å². The fraction of sp³-hybridized carbons (Fsp3) is 0.500. The maximum absolute atomic E-state index is 3.91. The largest absolute Gasteiger partial charge is 0.312 e. The number of hydrogen-bond donors (Lipinski definition) is 1. The highest BCUT2D eigenvalue weighted by atomic mass is 14.9. The first-order valence-corrected chi connectivity index (χ1v) is 6.70. The molecule has 1 aliphatic carbocycles. The van der Waals surface area contributed by atoms with E-state index in [2.05, 4.69) is 48.3 Å². The first-order valence-electron chi connectivity index (χ1n) is 6.70. The molecule has 1 aliphatic rings. The number of hydrogen-bond acceptors (Lipinski definition) is 1. The molecule has 0 unspecified atom stereocenters. The average Bonchev–Trinajstić information content (AvgIpc) is 2.80. The highest BCUT2D eigenvalue weighted by Crippen LogP contribution is 2.40. The van der Waals surface area contributed by atoms with Gasteiger partial charge in [-0.25, -0.2) is 0 Å². The molecule has 0 saturated heterocycles. The molecular formula is C16H23N. The minimum atomic E-state index is 0.497. The third-order valence-corrected chi connectivity index (χ3v) is 3.91. The van der Waals surface area contributed by atoms with E-state index < -0.39 is 0 Å². The van der Waals surface area contributed by atoms with Gasteiger partial charge in [0, 0.05) is 13.1 Å². The molecule has 0 aromatic heterocycles. The van der Waals surface area contributed by atoms with Crippen molar-refractivity contribution in [3.8, 4) is 0 Å². The molecular weight excluding hydrogens is 206 g/mol. The Bertz CT molecular complexity index is 336. The van der Waals surface area contributed by atoms with Crippen molar-refractivity contribution >= 4 is 0 Å². The molecule has 1 aromatic rings.